The van der Waals surface area contributed by atoms with E-state index in [1.54, 1.807) is 12.1 Å². The molecule has 6 heteroatoms. The molecule has 2 aliphatic rings. The van der Waals surface area contributed by atoms with E-state index in [2.05, 4.69) is 21.1 Å². The number of aromatic nitrogens is 2. The Morgan fingerprint density at radius 1 is 1.28 bits per heavy atom. The highest BCUT2D eigenvalue weighted by Gasteiger charge is 2.40. The van der Waals surface area contributed by atoms with Gasteiger partial charge >= 0.3 is 0 Å². The van der Waals surface area contributed by atoms with E-state index in [9.17, 15) is 4.39 Å². The standard InChI is InChI=1S/C19H25FN4O/c1-22-12-16(11-21-22)13-23-8-9-25-19(14-23)6-3-7-24(15-19)18-5-2-4-17(20)10-18/h2,4-5,10-12H,3,6-9,13-15H2,1H3. The molecule has 0 radical (unpaired) electrons. The van der Waals surface area contributed by atoms with E-state index >= 15 is 0 Å². The van der Waals surface area contributed by atoms with Crippen LogP contribution in [-0.2, 0) is 18.3 Å². The quantitative estimate of drug-likeness (QED) is 0.856. The molecule has 0 saturated carbocycles. The minimum atomic E-state index is -0.181. The molecule has 1 aromatic carbocycles. The van der Waals surface area contributed by atoms with Crippen molar-refractivity contribution >= 4 is 5.69 Å². The number of hydrogen-bond acceptors (Lipinski definition) is 4. The third-order valence-corrected chi connectivity index (χ3v) is 5.20. The second-order valence-electron chi connectivity index (χ2n) is 7.27. The van der Waals surface area contributed by atoms with Gasteiger partial charge in [0.1, 0.15) is 5.82 Å². The predicted octanol–water partition coefficient (Wildman–Crippen LogP) is 2.43. The molecular weight excluding hydrogens is 319 g/mol. The fourth-order valence-electron chi connectivity index (χ4n) is 4.11. The van der Waals surface area contributed by atoms with E-state index in [0.29, 0.717) is 0 Å². The number of hydrogen-bond donors (Lipinski definition) is 0. The highest BCUT2D eigenvalue weighted by atomic mass is 19.1. The van der Waals surface area contributed by atoms with Crippen molar-refractivity contribution < 1.29 is 9.13 Å². The van der Waals surface area contributed by atoms with Crippen LogP contribution in [0.2, 0.25) is 0 Å². The van der Waals surface area contributed by atoms with Crippen LogP contribution in [0.5, 0.6) is 0 Å². The molecule has 2 aromatic rings. The molecule has 25 heavy (non-hydrogen) atoms. The normalized spacial score (nSPS) is 24.8. The second kappa shape index (κ2) is 6.77. The minimum Gasteiger partial charge on any atom is -0.370 e. The summed E-state index contributed by atoms with van der Waals surface area (Å²) in [6.07, 6.45) is 6.13. The number of morpholine rings is 1. The van der Waals surface area contributed by atoms with Gasteiger partial charge in [0.2, 0.25) is 0 Å². The first-order chi connectivity index (χ1) is 12.1. The van der Waals surface area contributed by atoms with Gasteiger partial charge in [0.25, 0.3) is 0 Å². The Kier molecular flexibility index (Phi) is 4.48. The van der Waals surface area contributed by atoms with E-state index in [1.165, 1.54) is 11.6 Å². The number of ether oxygens (including phenoxy) is 1. The van der Waals surface area contributed by atoms with Crippen molar-refractivity contribution in [3.05, 3.63) is 48.0 Å². The maximum Gasteiger partial charge on any atom is 0.125 e. The number of piperidine rings is 1. The minimum absolute atomic E-state index is 0.162. The lowest BCUT2D eigenvalue weighted by Crippen LogP contribution is -2.59. The van der Waals surface area contributed by atoms with Crippen LogP contribution in [0.15, 0.2) is 36.7 Å². The summed E-state index contributed by atoms with van der Waals surface area (Å²) in [5, 5.41) is 4.26. The van der Waals surface area contributed by atoms with E-state index < -0.39 is 0 Å². The number of nitrogens with zero attached hydrogens (tertiary/aromatic N) is 4. The molecule has 1 atom stereocenters. The summed E-state index contributed by atoms with van der Waals surface area (Å²) in [5.41, 5.74) is 2.02. The summed E-state index contributed by atoms with van der Waals surface area (Å²) in [6, 6.07) is 6.88. The Morgan fingerprint density at radius 3 is 3.00 bits per heavy atom. The largest absolute Gasteiger partial charge is 0.370 e. The molecule has 1 spiro atoms. The highest BCUT2D eigenvalue weighted by Crippen LogP contribution is 2.32. The van der Waals surface area contributed by atoms with Crippen LogP contribution in [0.1, 0.15) is 18.4 Å². The molecule has 2 aliphatic heterocycles. The molecule has 5 nitrogen and oxygen atoms in total. The van der Waals surface area contributed by atoms with Gasteiger partial charge in [-0.15, -0.1) is 0 Å². The Balaban J connectivity index is 1.46. The zero-order valence-corrected chi connectivity index (χ0v) is 14.7. The van der Waals surface area contributed by atoms with Gasteiger partial charge in [-0.1, -0.05) is 6.07 Å². The first kappa shape index (κ1) is 16.5. The average molecular weight is 344 g/mol. The number of benzene rings is 1. The van der Waals surface area contributed by atoms with Crippen LogP contribution in [0, 0.1) is 5.82 Å². The molecular formula is C19H25FN4O. The van der Waals surface area contributed by atoms with Gasteiger partial charge in [0.15, 0.2) is 0 Å². The van der Waals surface area contributed by atoms with Crippen molar-refractivity contribution in [1.29, 1.82) is 0 Å². The molecule has 1 unspecified atom stereocenters. The van der Waals surface area contributed by atoms with Gasteiger partial charge in [-0.05, 0) is 31.0 Å². The summed E-state index contributed by atoms with van der Waals surface area (Å²) in [5.74, 6) is -0.181. The number of anilines is 1. The topological polar surface area (TPSA) is 33.5 Å². The summed E-state index contributed by atoms with van der Waals surface area (Å²) >= 11 is 0. The highest BCUT2D eigenvalue weighted by molar-refractivity contribution is 5.47. The van der Waals surface area contributed by atoms with Crippen molar-refractivity contribution in [2.45, 2.75) is 25.0 Å². The van der Waals surface area contributed by atoms with Gasteiger partial charge in [0, 0.05) is 57.2 Å². The lowest BCUT2D eigenvalue weighted by atomic mass is 9.90. The van der Waals surface area contributed by atoms with Crippen LogP contribution < -0.4 is 4.90 Å². The van der Waals surface area contributed by atoms with Crippen molar-refractivity contribution in [1.82, 2.24) is 14.7 Å². The van der Waals surface area contributed by atoms with Gasteiger partial charge in [-0.25, -0.2) is 4.39 Å². The molecule has 0 N–H and O–H groups in total. The van der Waals surface area contributed by atoms with Crippen molar-refractivity contribution in [3.8, 4) is 0 Å². The Hall–Kier alpha value is -1.92. The third-order valence-electron chi connectivity index (χ3n) is 5.20. The SMILES string of the molecule is Cn1cc(CN2CCOC3(CCCN(c4cccc(F)c4)C3)C2)cn1. The molecule has 2 fully saturated rings. The maximum atomic E-state index is 13.6. The molecule has 3 heterocycles. The Labute approximate surface area is 148 Å². The first-order valence-corrected chi connectivity index (χ1v) is 8.96. The first-order valence-electron chi connectivity index (χ1n) is 8.96. The van der Waals surface area contributed by atoms with Gasteiger partial charge in [-0.3, -0.25) is 9.58 Å². The average Bonchev–Trinajstić information content (AvgIpc) is 3.00. The molecule has 0 aliphatic carbocycles. The summed E-state index contributed by atoms with van der Waals surface area (Å²) in [4.78, 5) is 4.72. The van der Waals surface area contributed by atoms with E-state index in [0.717, 1.165) is 57.9 Å². The van der Waals surface area contributed by atoms with Gasteiger partial charge in [0.05, 0.1) is 18.4 Å². The van der Waals surface area contributed by atoms with Crippen molar-refractivity contribution in [2.75, 3.05) is 37.7 Å². The number of rotatable bonds is 3. The molecule has 0 bridgehead atoms. The van der Waals surface area contributed by atoms with Crippen LogP contribution in [0.25, 0.3) is 0 Å². The zero-order valence-electron chi connectivity index (χ0n) is 14.7. The van der Waals surface area contributed by atoms with Crippen LogP contribution in [0.3, 0.4) is 0 Å². The van der Waals surface area contributed by atoms with Gasteiger partial charge < -0.3 is 9.64 Å². The number of halogens is 1. The molecule has 134 valence electrons. The number of aryl methyl sites for hydroxylation is 1. The lowest BCUT2D eigenvalue weighted by molar-refractivity contribution is -0.116. The monoisotopic (exact) mass is 344 g/mol. The van der Waals surface area contributed by atoms with Crippen LogP contribution in [-0.4, -0.2) is 53.1 Å². The van der Waals surface area contributed by atoms with E-state index in [1.807, 2.05) is 24.0 Å². The smallest absolute Gasteiger partial charge is 0.125 e. The molecule has 2 saturated heterocycles. The maximum absolute atomic E-state index is 13.6. The fraction of sp³-hybridized carbons (Fsp3) is 0.526. The predicted molar refractivity (Wildman–Crippen MR) is 95.0 cm³/mol. The van der Waals surface area contributed by atoms with Crippen LogP contribution >= 0.6 is 0 Å². The summed E-state index contributed by atoms with van der Waals surface area (Å²) in [6.45, 7) is 5.28. The summed E-state index contributed by atoms with van der Waals surface area (Å²) in [7, 11) is 1.95. The fourth-order valence-corrected chi connectivity index (χ4v) is 4.11. The third kappa shape index (κ3) is 3.70. The molecule has 1 aromatic heterocycles. The molecule has 4 rings (SSSR count). The second-order valence-corrected chi connectivity index (χ2v) is 7.27. The Morgan fingerprint density at radius 2 is 2.20 bits per heavy atom. The Bertz CT molecular complexity index is 730. The van der Waals surface area contributed by atoms with Crippen molar-refractivity contribution in [2.24, 2.45) is 7.05 Å². The van der Waals surface area contributed by atoms with Gasteiger partial charge in [-0.2, -0.15) is 5.10 Å². The van der Waals surface area contributed by atoms with Crippen molar-refractivity contribution in [3.63, 3.8) is 0 Å². The van der Waals surface area contributed by atoms with E-state index in [4.69, 9.17) is 4.74 Å². The lowest BCUT2D eigenvalue weighted by Gasteiger charge is -2.48. The van der Waals surface area contributed by atoms with Crippen LogP contribution in [0.4, 0.5) is 10.1 Å². The summed E-state index contributed by atoms with van der Waals surface area (Å²) < 4.78 is 21.7. The van der Waals surface area contributed by atoms with E-state index in [-0.39, 0.29) is 11.4 Å². The molecule has 0 amide bonds. The zero-order chi connectivity index (χ0) is 17.3.